The second-order valence-corrected chi connectivity index (χ2v) is 7.58. The summed E-state index contributed by atoms with van der Waals surface area (Å²) in [7, 11) is 0. The van der Waals surface area contributed by atoms with E-state index < -0.39 is 16.9 Å². The van der Waals surface area contributed by atoms with Crippen molar-refractivity contribution in [3.8, 4) is 0 Å². The third-order valence-corrected chi connectivity index (χ3v) is 4.89. The summed E-state index contributed by atoms with van der Waals surface area (Å²) in [6, 6.07) is 10.1. The van der Waals surface area contributed by atoms with Gasteiger partial charge >= 0.3 is 0 Å². The number of hydrogen-bond acceptors (Lipinski definition) is 4. The highest BCUT2D eigenvalue weighted by Gasteiger charge is 2.38. The molecule has 1 aromatic carbocycles. The first kappa shape index (κ1) is 18.8. The van der Waals surface area contributed by atoms with Gasteiger partial charge in [-0.1, -0.05) is 18.2 Å². The molecule has 1 aliphatic heterocycles. The van der Waals surface area contributed by atoms with Crippen molar-refractivity contribution in [2.75, 3.05) is 5.32 Å². The number of pyridine rings is 1. The molecule has 2 heterocycles. The molecule has 2 amide bonds. The average molecular weight is 369 g/mol. The molecule has 1 atom stereocenters. The van der Waals surface area contributed by atoms with E-state index in [2.05, 4.69) is 10.6 Å². The van der Waals surface area contributed by atoms with Gasteiger partial charge < -0.3 is 20.3 Å². The summed E-state index contributed by atoms with van der Waals surface area (Å²) in [5.74, 6) is -0.637. The van der Waals surface area contributed by atoms with Crippen LogP contribution < -0.4 is 16.2 Å². The number of benzene rings is 1. The first-order valence-corrected chi connectivity index (χ1v) is 8.72. The maximum Gasteiger partial charge on any atom is 0.253 e. The smallest absolute Gasteiger partial charge is 0.253 e. The minimum Gasteiger partial charge on any atom is -0.378 e. The number of fused-ring (bicyclic) bond motifs is 1. The molecular weight excluding hydrogens is 346 g/mol. The Bertz CT molecular complexity index is 960. The van der Waals surface area contributed by atoms with Crippen LogP contribution in [-0.2, 0) is 28.1 Å². The molecule has 3 rings (SSSR count). The number of carbonyl (C=O) groups is 2. The summed E-state index contributed by atoms with van der Waals surface area (Å²) in [6.07, 6.45) is 1.52. The maximum absolute atomic E-state index is 12.4. The van der Waals surface area contributed by atoms with Crippen molar-refractivity contribution in [3.63, 3.8) is 0 Å². The SMILES string of the molecule is CC(O)(Cn1ccccc1=O)C(=O)NCc1ccc2c(c1)C(C)(C)C(=O)N2. The van der Waals surface area contributed by atoms with Crippen LogP contribution in [0.25, 0.3) is 0 Å². The molecule has 27 heavy (non-hydrogen) atoms. The van der Waals surface area contributed by atoms with Crippen LogP contribution >= 0.6 is 0 Å². The Morgan fingerprint density at radius 2 is 2.00 bits per heavy atom. The van der Waals surface area contributed by atoms with Gasteiger partial charge in [0, 0.05) is 24.5 Å². The molecule has 0 saturated carbocycles. The van der Waals surface area contributed by atoms with E-state index in [9.17, 15) is 19.5 Å². The van der Waals surface area contributed by atoms with E-state index in [1.54, 1.807) is 12.1 Å². The van der Waals surface area contributed by atoms with Gasteiger partial charge in [0.05, 0.1) is 12.0 Å². The highest BCUT2D eigenvalue weighted by Crippen LogP contribution is 2.37. The van der Waals surface area contributed by atoms with Gasteiger partial charge in [-0.25, -0.2) is 0 Å². The summed E-state index contributed by atoms with van der Waals surface area (Å²) in [5.41, 5.74) is -0.186. The highest BCUT2D eigenvalue weighted by molar-refractivity contribution is 6.05. The zero-order chi connectivity index (χ0) is 19.8. The highest BCUT2D eigenvalue weighted by atomic mass is 16.3. The Morgan fingerprint density at radius 1 is 1.26 bits per heavy atom. The van der Waals surface area contributed by atoms with Crippen LogP contribution in [0, 0.1) is 0 Å². The standard InChI is InChI=1S/C20H23N3O4/c1-19(2)14-10-13(7-8-15(14)22-17(19)25)11-21-18(26)20(3,27)12-23-9-5-4-6-16(23)24/h4-10,27H,11-12H2,1-3H3,(H,21,26)(H,22,25). The minimum atomic E-state index is -1.74. The van der Waals surface area contributed by atoms with E-state index in [1.807, 2.05) is 32.0 Å². The molecule has 0 aliphatic carbocycles. The lowest BCUT2D eigenvalue weighted by Crippen LogP contribution is -2.48. The molecule has 1 aliphatic rings. The van der Waals surface area contributed by atoms with Gasteiger partial charge in [0.15, 0.2) is 5.60 Å². The molecule has 1 unspecified atom stereocenters. The number of nitrogens with zero attached hydrogens (tertiary/aromatic N) is 1. The number of carbonyl (C=O) groups excluding carboxylic acids is 2. The average Bonchev–Trinajstić information content (AvgIpc) is 2.84. The molecule has 0 spiro atoms. The van der Waals surface area contributed by atoms with Crippen LogP contribution in [0.15, 0.2) is 47.4 Å². The number of nitrogens with one attached hydrogen (secondary N) is 2. The van der Waals surface area contributed by atoms with Crippen molar-refractivity contribution in [2.24, 2.45) is 0 Å². The number of aliphatic hydroxyl groups is 1. The molecule has 0 saturated heterocycles. The largest absolute Gasteiger partial charge is 0.378 e. The minimum absolute atomic E-state index is 0.0603. The van der Waals surface area contributed by atoms with Gasteiger partial charge in [-0.3, -0.25) is 14.4 Å². The lowest BCUT2D eigenvalue weighted by molar-refractivity contribution is -0.139. The fourth-order valence-corrected chi connectivity index (χ4v) is 3.10. The molecular formula is C20H23N3O4. The maximum atomic E-state index is 12.4. The van der Waals surface area contributed by atoms with E-state index >= 15 is 0 Å². The topological polar surface area (TPSA) is 100 Å². The van der Waals surface area contributed by atoms with Crippen molar-refractivity contribution in [3.05, 3.63) is 64.1 Å². The van der Waals surface area contributed by atoms with Crippen LogP contribution in [0.3, 0.4) is 0 Å². The Hall–Kier alpha value is -2.93. The van der Waals surface area contributed by atoms with Crippen LogP contribution in [0.4, 0.5) is 5.69 Å². The molecule has 7 heteroatoms. The van der Waals surface area contributed by atoms with E-state index in [-0.39, 0.29) is 24.6 Å². The fourth-order valence-electron chi connectivity index (χ4n) is 3.10. The molecule has 2 aromatic rings. The van der Waals surface area contributed by atoms with E-state index in [0.29, 0.717) is 0 Å². The van der Waals surface area contributed by atoms with Gasteiger partial charge in [-0.2, -0.15) is 0 Å². The predicted molar refractivity (Wildman–Crippen MR) is 101 cm³/mol. The normalized spacial score (nSPS) is 17.0. The molecule has 0 fully saturated rings. The summed E-state index contributed by atoms with van der Waals surface area (Å²) in [6.45, 7) is 5.12. The van der Waals surface area contributed by atoms with Gasteiger partial charge in [-0.15, -0.1) is 0 Å². The first-order chi connectivity index (χ1) is 12.6. The third-order valence-electron chi connectivity index (χ3n) is 4.89. The van der Waals surface area contributed by atoms with Gasteiger partial charge in [0.2, 0.25) is 5.91 Å². The lowest BCUT2D eigenvalue weighted by atomic mass is 9.85. The molecule has 1 aromatic heterocycles. The number of aromatic nitrogens is 1. The van der Waals surface area contributed by atoms with Crippen LogP contribution in [0.2, 0.25) is 0 Å². The predicted octanol–water partition coefficient (Wildman–Crippen LogP) is 1.15. The fraction of sp³-hybridized carbons (Fsp3) is 0.350. The number of anilines is 1. The summed E-state index contributed by atoms with van der Waals surface area (Å²) >= 11 is 0. The van der Waals surface area contributed by atoms with Crippen molar-refractivity contribution < 1.29 is 14.7 Å². The Balaban J connectivity index is 1.69. The Kier molecular flexibility index (Phi) is 4.65. The molecule has 142 valence electrons. The van der Waals surface area contributed by atoms with Gasteiger partial charge in [0.1, 0.15) is 0 Å². The van der Waals surface area contributed by atoms with E-state index in [4.69, 9.17) is 0 Å². The second kappa shape index (κ2) is 6.66. The Morgan fingerprint density at radius 3 is 2.70 bits per heavy atom. The zero-order valence-electron chi connectivity index (χ0n) is 15.6. The van der Waals surface area contributed by atoms with Crippen molar-refractivity contribution in [1.82, 2.24) is 9.88 Å². The van der Waals surface area contributed by atoms with Gasteiger partial charge in [0.25, 0.3) is 11.5 Å². The number of rotatable bonds is 5. The van der Waals surface area contributed by atoms with Crippen LogP contribution in [0.1, 0.15) is 31.9 Å². The van der Waals surface area contributed by atoms with Gasteiger partial charge in [-0.05, 0) is 44.0 Å². The monoisotopic (exact) mass is 369 g/mol. The number of amides is 2. The van der Waals surface area contributed by atoms with Crippen LogP contribution in [0.5, 0.6) is 0 Å². The van der Waals surface area contributed by atoms with Crippen molar-refractivity contribution in [1.29, 1.82) is 0 Å². The molecule has 0 radical (unpaired) electrons. The molecule has 7 nitrogen and oxygen atoms in total. The molecule has 3 N–H and O–H groups in total. The van der Waals surface area contributed by atoms with Crippen LogP contribution in [-0.4, -0.2) is 27.1 Å². The zero-order valence-corrected chi connectivity index (χ0v) is 15.6. The van der Waals surface area contributed by atoms with Crippen molar-refractivity contribution >= 4 is 17.5 Å². The summed E-state index contributed by atoms with van der Waals surface area (Å²) < 4.78 is 1.29. The summed E-state index contributed by atoms with van der Waals surface area (Å²) in [4.78, 5) is 36.2. The molecule has 0 bridgehead atoms. The first-order valence-electron chi connectivity index (χ1n) is 8.72. The Labute approximate surface area is 157 Å². The lowest BCUT2D eigenvalue weighted by Gasteiger charge is -2.23. The summed E-state index contributed by atoms with van der Waals surface area (Å²) in [5, 5.41) is 16.0. The third kappa shape index (κ3) is 3.64. The quantitative estimate of drug-likeness (QED) is 0.736. The van der Waals surface area contributed by atoms with E-state index in [1.165, 1.54) is 23.8 Å². The number of hydrogen-bond donors (Lipinski definition) is 3. The second-order valence-electron chi connectivity index (χ2n) is 7.58. The van der Waals surface area contributed by atoms with E-state index in [0.717, 1.165) is 16.8 Å². The van der Waals surface area contributed by atoms with Crippen molar-refractivity contribution in [2.45, 2.75) is 44.9 Å².